The van der Waals surface area contributed by atoms with Gasteiger partial charge in [-0.1, -0.05) is 131 Å². The van der Waals surface area contributed by atoms with Crippen LogP contribution >= 0.6 is 0 Å². The Morgan fingerprint density at radius 1 is 0.357 bits per heavy atom. The molecular formula is C66H54BN3. The zero-order valence-corrected chi connectivity index (χ0v) is 41.8. The number of benzene rings is 10. The Balaban J connectivity index is 1.13. The molecule has 13 aromatic rings. The SMILES string of the molecule is Cc1ccc2c(c1)c1cc(C)cc3c1n2-c1cc2c4ccc(-n5c6ccc(C(C)(C)C)cc6c6cc(C(C)(C)C)ccc65)cc4c4ccccc4c2c2c1B3c1cc(C)cc3c4cc(C)ccc4n-2c13. The van der Waals surface area contributed by atoms with Gasteiger partial charge in [0.1, 0.15) is 0 Å². The fourth-order valence-electron chi connectivity index (χ4n) is 13.4. The highest BCUT2D eigenvalue weighted by molar-refractivity contribution is 7.00. The molecule has 5 heterocycles. The van der Waals surface area contributed by atoms with Crippen molar-refractivity contribution in [1.82, 2.24) is 13.7 Å². The summed E-state index contributed by atoms with van der Waals surface area (Å²) in [4.78, 5) is 0. The molecule has 0 fully saturated rings. The topological polar surface area (TPSA) is 14.8 Å². The molecule has 2 aliphatic heterocycles. The Kier molecular flexibility index (Phi) is 7.60. The normalized spacial score (nSPS) is 13.5. The number of aryl methyl sites for hydroxylation is 4. The maximum Gasteiger partial charge on any atom is 0.252 e. The van der Waals surface area contributed by atoms with Crippen LogP contribution in [0.5, 0.6) is 0 Å². The first-order valence-corrected chi connectivity index (χ1v) is 25.3. The van der Waals surface area contributed by atoms with Crippen molar-refractivity contribution in [2.24, 2.45) is 0 Å². The Bertz CT molecular complexity index is 4520. The van der Waals surface area contributed by atoms with Crippen LogP contribution in [0.25, 0.3) is 115 Å². The maximum atomic E-state index is 2.69. The predicted octanol–water partition coefficient (Wildman–Crippen LogP) is 15.4. The lowest BCUT2D eigenvalue weighted by Gasteiger charge is -2.35. The van der Waals surface area contributed by atoms with Crippen LogP contribution in [-0.4, -0.2) is 20.4 Å². The fraction of sp³-hybridized carbons (Fsp3) is 0.182. The van der Waals surface area contributed by atoms with Gasteiger partial charge in [0.15, 0.2) is 0 Å². The monoisotopic (exact) mass is 899 g/mol. The molecule has 70 heavy (non-hydrogen) atoms. The van der Waals surface area contributed by atoms with E-state index >= 15 is 0 Å². The molecule has 0 bridgehead atoms. The van der Waals surface area contributed by atoms with Gasteiger partial charge < -0.3 is 13.7 Å². The number of fused-ring (bicyclic) bond motifs is 20. The molecular weight excluding hydrogens is 846 g/mol. The summed E-state index contributed by atoms with van der Waals surface area (Å²) >= 11 is 0. The fourth-order valence-corrected chi connectivity index (χ4v) is 13.4. The smallest absolute Gasteiger partial charge is 0.252 e. The van der Waals surface area contributed by atoms with E-state index in [0.717, 1.165) is 0 Å². The van der Waals surface area contributed by atoms with Crippen LogP contribution in [0.2, 0.25) is 0 Å². The van der Waals surface area contributed by atoms with E-state index in [9.17, 15) is 0 Å². The molecule has 10 aromatic carbocycles. The molecule has 0 N–H and O–H groups in total. The van der Waals surface area contributed by atoms with Crippen molar-refractivity contribution in [3.63, 3.8) is 0 Å². The van der Waals surface area contributed by atoms with Crippen molar-refractivity contribution in [3.8, 4) is 17.1 Å². The van der Waals surface area contributed by atoms with Gasteiger partial charge in [0.05, 0.1) is 27.8 Å². The van der Waals surface area contributed by atoms with E-state index in [4.69, 9.17) is 0 Å². The third-order valence-electron chi connectivity index (χ3n) is 16.6. The van der Waals surface area contributed by atoms with Crippen molar-refractivity contribution in [3.05, 3.63) is 179 Å². The van der Waals surface area contributed by atoms with Crippen molar-refractivity contribution in [2.45, 2.75) is 80.1 Å². The Labute approximate surface area is 408 Å². The number of hydrogen-bond acceptors (Lipinski definition) is 0. The lowest BCUT2D eigenvalue weighted by Crippen LogP contribution is -2.59. The number of rotatable bonds is 1. The van der Waals surface area contributed by atoms with Crippen LogP contribution in [0.1, 0.15) is 74.9 Å². The molecule has 3 nitrogen and oxygen atoms in total. The average molecular weight is 900 g/mol. The average Bonchev–Trinajstić information content (AvgIpc) is 3.95. The largest absolute Gasteiger partial charge is 0.310 e. The zero-order valence-electron chi connectivity index (χ0n) is 41.8. The van der Waals surface area contributed by atoms with E-state index in [-0.39, 0.29) is 17.5 Å². The molecule has 15 rings (SSSR count). The van der Waals surface area contributed by atoms with E-state index in [0.29, 0.717) is 0 Å². The number of aromatic nitrogens is 3. The molecule has 336 valence electrons. The second-order valence-electron chi connectivity index (χ2n) is 23.3. The molecule has 0 unspecified atom stereocenters. The van der Waals surface area contributed by atoms with E-state index < -0.39 is 0 Å². The Hall–Kier alpha value is -7.56. The molecule has 0 amide bonds. The van der Waals surface area contributed by atoms with E-state index in [1.165, 1.54) is 165 Å². The lowest BCUT2D eigenvalue weighted by atomic mass is 9.34. The molecule has 2 aliphatic rings. The summed E-state index contributed by atoms with van der Waals surface area (Å²) in [6.07, 6.45) is 0. The van der Waals surface area contributed by atoms with Gasteiger partial charge >= 0.3 is 0 Å². The standard InChI is InChI=1S/C66H54BN3/c1-35-15-21-57-46(25-35)51-27-37(3)29-53-62(51)69(57)59-34-50-43-20-19-41(68-55-23-17-39(65(5,6)7)31-48(55)49-32-40(66(8,9)10)18-24-56(49)68)33-45(43)42-13-11-12-14-44(42)60(50)64-61(59)67(53)54-30-38(4)28-52-47-26-36(2)16-22-58(47)70(64)63(52)54/h11-34H,1-10H3. The molecule has 0 radical (unpaired) electrons. The van der Waals surface area contributed by atoms with Crippen LogP contribution in [0.4, 0.5) is 0 Å². The van der Waals surface area contributed by atoms with Crippen molar-refractivity contribution in [2.75, 3.05) is 0 Å². The van der Waals surface area contributed by atoms with Gasteiger partial charge in [-0.25, -0.2) is 0 Å². The quantitative estimate of drug-likeness (QED) is 0.115. The van der Waals surface area contributed by atoms with Crippen molar-refractivity contribution < 1.29 is 0 Å². The molecule has 3 aromatic heterocycles. The summed E-state index contributed by atoms with van der Waals surface area (Å²) < 4.78 is 7.86. The summed E-state index contributed by atoms with van der Waals surface area (Å²) in [6.45, 7) is 23.0. The number of hydrogen-bond donors (Lipinski definition) is 0. The molecule has 0 saturated carbocycles. The van der Waals surface area contributed by atoms with Crippen molar-refractivity contribution >= 4 is 121 Å². The minimum Gasteiger partial charge on any atom is -0.310 e. The number of nitrogens with zero attached hydrogens (tertiary/aromatic N) is 3. The third kappa shape index (κ3) is 5.11. The van der Waals surface area contributed by atoms with Gasteiger partial charge in [-0.3, -0.25) is 0 Å². The van der Waals surface area contributed by atoms with Gasteiger partial charge in [-0.05, 0) is 172 Å². The first kappa shape index (κ1) is 40.3. The van der Waals surface area contributed by atoms with Crippen LogP contribution < -0.4 is 16.4 Å². The summed E-state index contributed by atoms with van der Waals surface area (Å²) in [6, 6.07) is 57.6. The zero-order chi connectivity index (χ0) is 47.6. The minimum absolute atomic E-state index is 0.0308. The molecule has 0 spiro atoms. The van der Waals surface area contributed by atoms with E-state index in [1.807, 2.05) is 0 Å². The second kappa shape index (κ2) is 13.2. The summed E-state index contributed by atoms with van der Waals surface area (Å²) in [5, 5.41) is 15.7. The van der Waals surface area contributed by atoms with Gasteiger partial charge in [0.2, 0.25) is 0 Å². The Morgan fingerprint density at radius 3 is 1.43 bits per heavy atom. The molecule has 0 atom stereocenters. The summed E-state index contributed by atoms with van der Waals surface area (Å²) in [5.41, 5.74) is 23.6. The Morgan fingerprint density at radius 2 is 0.843 bits per heavy atom. The van der Waals surface area contributed by atoms with Crippen molar-refractivity contribution in [1.29, 1.82) is 0 Å². The van der Waals surface area contributed by atoms with Crippen LogP contribution in [0, 0.1) is 27.7 Å². The highest BCUT2D eigenvalue weighted by Gasteiger charge is 2.42. The molecule has 0 aliphatic carbocycles. The van der Waals surface area contributed by atoms with Gasteiger partial charge in [-0.2, -0.15) is 0 Å². The predicted molar refractivity (Wildman–Crippen MR) is 303 cm³/mol. The molecule has 0 saturated heterocycles. The van der Waals surface area contributed by atoms with Gasteiger partial charge in [0, 0.05) is 60.1 Å². The van der Waals surface area contributed by atoms with Crippen LogP contribution in [0.3, 0.4) is 0 Å². The van der Waals surface area contributed by atoms with Gasteiger partial charge in [0.25, 0.3) is 6.71 Å². The minimum atomic E-state index is 0.0308. The maximum absolute atomic E-state index is 2.69. The lowest BCUT2D eigenvalue weighted by molar-refractivity contribution is 0.590. The third-order valence-corrected chi connectivity index (χ3v) is 16.6. The summed E-state index contributed by atoms with van der Waals surface area (Å²) in [7, 11) is 0. The van der Waals surface area contributed by atoms with Crippen LogP contribution in [0.15, 0.2) is 146 Å². The highest BCUT2D eigenvalue weighted by Crippen LogP contribution is 2.47. The van der Waals surface area contributed by atoms with Gasteiger partial charge in [-0.15, -0.1) is 0 Å². The van der Waals surface area contributed by atoms with E-state index in [1.54, 1.807) is 0 Å². The first-order valence-electron chi connectivity index (χ1n) is 25.3. The summed E-state index contributed by atoms with van der Waals surface area (Å²) in [5.74, 6) is 0. The molecule has 4 heteroatoms. The highest BCUT2D eigenvalue weighted by atomic mass is 15.0. The first-order chi connectivity index (χ1) is 33.6. The second-order valence-corrected chi connectivity index (χ2v) is 23.3. The van der Waals surface area contributed by atoms with Crippen LogP contribution in [-0.2, 0) is 10.8 Å². The van der Waals surface area contributed by atoms with E-state index in [2.05, 4.69) is 229 Å².